The number of halogens is 1. The zero-order chi connectivity index (χ0) is 9.26. The highest BCUT2D eigenvalue weighted by Gasteiger charge is 2.04. The molecule has 3 heteroatoms. The molecule has 0 bridgehead atoms. The van der Waals surface area contributed by atoms with Gasteiger partial charge in [-0.25, -0.2) is 0 Å². The lowest BCUT2D eigenvalue weighted by atomic mass is 10.1. The van der Waals surface area contributed by atoms with Gasteiger partial charge < -0.3 is 10.2 Å². The zero-order valence-corrected chi connectivity index (χ0v) is 8.93. The highest BCUT2D eigenvalue weighted by atomic mass is 35.5. The average Bonchev–Trinajstić information content (AvgIpc) is 2.49. The fourth-order valence-electron chi connectivity index (χ4n) is 1.54. The van der Waals surface area contributed by atoms with Crippen LogP contribution in [0.25, 0.3) is 11.0 Å². The molecular weight excluding hydrogens is 198 g/mol. The van der Waals surface area contributed by atoms with Crippen molar-refractivity contribution in [1.82, 2.24) is 0 Å². The number of furan rings is 1. The van der Waals surface area contributed by atoms with Crippen molar-refractivity contribution < 1.29 is 4.42 Å². The van der Waals surface area contributed by atoms with Crippen molar-refractivity contribution in [1.29, 1.82) is 0 Å². The first-order chi connectivity index (χ1) is 6.31. The third-order valence-electron chi connectivity index (χ3n) is 2.22. The Balaban J connectivity index is 0.000000980. The minimum absolute atomic E-state index is 0. The van der Waals surface area contributed by atoms with E-state index in [1.807, 2.05) is 6.07 Å². The average molecular weight is 212 g/mol. The molecule has 14 heavy (non-hydrogen) atoms. The van der Waals surface area contributed by atoms with Crippen LogP contribution in [-0.4, -0.2) is 6.54 Å². The van der Waals surface area contributed by atoms with Crippen molar-refractivity contribution >= 4 is 23.4 Å². The molecule has 0 aliphatic heterocycles. The predicted octanol–water partition coefficient (Wildman–Crippen LogP) is 2.66. The van der Waals surface area contributed by atoms with Crippen LogP contribution >= 0.6 is 12.4 Å². The second kappa shape index (κ2) is 4.49. The molecule has 0 fully saturated rings. The van der Waals surface area contributed by atoms with Gasteiger partial charge in [0, 0.05) is 5.39 Å². The molecule has 0 unspecified atom stereocenters. The van der Waals surface area contributed by atoms with Gasteiger partial charge in [-0.2, -0.15) is 0 Å². The van der Waals surface area contributed by atoms with Gasteiger partial charge in [0.25, 0.3) is 0 Å². The maximum absolute atomic E-state index is 5.51. The third kappa shape index (κ3) is 1.91. The summed E-state index contributed by atoms with van der Waals surface area (Å²) >= 11 is 0. The van der Waals surface area contributed by atoms with Gasteiger partial charge in [0.2, 0.25) is 0 Å². The quantitative estimate of drug-likeness (QED) is 0.830. The first-order valence-corrected chi connectivity index (χ1v) is 4.48. The van der Waals surface area contributed by atoms with E-state index in [4.69, 9.17) is 10.2 Å². The summed E-state index contributed by atoms with van der Waals surface area (Å²) in [6.45, 7) is 2.75. The van der Waals surface area contributed by atoms with Crippen LogP contribution in [-0.2, 0) is 6.42 Å². The molecule has 1 aromatic heterocycles. The minimum atomic E-state index is 0. The summed E-state index contributed by atoms with van der Waals surface area (Å²) < 4.78 is 5.40. The van der Waals surface area contributed by atoms with Crippen LogP contribution in [0.3, 0.4) is 0 Å². The van der Waals surface area contributed by atoms with E-state index >= 15 is 0 Å². The Kier molecular flexibility index (Phi) is 3.55. The van der Waals surface area contributed by atoms with Crippen LogP contribution < -0.4 is 5.73 Å². The van der Waals surface area contributed by atoms with E-state index in [1.54, 1.807) is 6.26 Å². The number of nitrogens with two attached hydrogens (primary N) is 1. The Labute approximate surface area is 89.5 Å². The van der Waals surface area contributed by atoms with Crippen LogP contribution in [0.2, 0.25) is 0 Å². The van der Waals surface area contributed by atoms with Gasteiger partial charge in [0.15, 0.2) is 0 Å². The molecule has 0 aliphatic carbocycles. The number of rotatable bonds is 2. The fraction of sp³-hybridized carbons (Fsp3) is 0.273. The Morgan fingerprint density at radius 2 is 2.14 bits per heavy atom. The van der Waals surface area contributed by atoms with Crippen molar-refractivity contribution in [2.45, 2.75) is 13.3 Å². The Hall–Kier alpha value is -0.990. The summed E-state index contributed by atoms with van der Waals surface area (Å²) in [6.07, 6.45) is 2.69. The summed E-state index contributed by atoms with van der Waals surface area (Å²) in [7, 11) is 0. The topological polar surface area (TPSA) is 39.2 Å². The second-order valence-electron chi connectivity index (χ2n) is 3.30. The molecule has 2 nitrogen and oxygen atoms in total. The van der Waals surface area contributed by atoms with Gasteiger partial charge in [-0.3, -0.25) is 0 Å². The predicted molar refractivity (Wildman–Crippen MR) is 61.0 cm³/mol. The van der Waals surface area contributed by atoms with Gasteiger partial charge in [-0.05, 0) is 37.6 Å². The first kappa shape index (κ1) is 11.1. The molecule has 1 aromatic carbocycles. The molecule has 0 atom stereocenters. The molecule has 0 saturated carbocycles. The van der Waals surface area contributed by atoms with E-state index in [1.165, 1.54) is 16.5 Å². The van der Waals surface area contributed by atoms with E-state index in [9.17, 15) is 0 Å². The number of benzene rings is 1. The summed E-state index contributed by atoms with van der Waals surface area (Å²) in [5, 5.41) is 1.20. The van der Waals surface area contributed by atoms with Crippen LogP contribution in [0.1, 0.15) is 11.1 Å². The number of hydrogen-bond acceptors (Lipinski definition) is 2. The Morgan fingerprint density at radius 1 is 1.36 bits per heavy atom. The Morgan fingerprint density at radius 3 is 2.86 bits per heavy atom. The van der Waals surface area contributed by atoms with Crippen molar-refractivity contribution in [2.75, 3.05) is 6.54 Å². The van der Waals surface area contributed by atoms with Crippen molar-refractivity contribution in [2.24, 2.45) is 5.73 Å². The van der Waals surface area contributed by atoms with Gasteiger partial charge in [0.1, 0.15) is 5.58 Å². The van der Waals surface area contributed by atoms with Crippen LogP contribution in [0, 0.1) is 6.92 Å². The van der Waals surface area contributed by atoms with Gasteiger partial charge in [-0.1, -0.05) is 11.6 Å². The highest BCUT2D eigenvalue weighted by Crippen LogP contribution is 2.22. The largest absolute Gasteiger partial charge is 0.464 e. The first-order valence-electron chi connectivity index (χ1n) is 4.48. The van der Waals surface area contributed by atoms with Crippen molar-refractivity contribution in [3.63, 3.8) is 0 Å². The van der Waals surface area contributed by atoms with Crippen molar-refractivity contribution in [3.05, 3.63) is 35.6 Å². The standard InChI is InChI=1S/C11H13NO.ClH/c1-8-2-3-11-10(6-8)9(4-5-12)7-13-11;/h2-3,6-7H,4-5,12H2,1H3;1H. The van der Waals surface area contributed by atoms with Crippen molar-refractivity contribution in [3.8, 4) is 0 Å². The van der Waals surface area contributed by atoms with E-state index in [0.29, 0.717) is 6.54 Å². The molecule has 2 aromatic rings. The van der Waals surface area contributed by atoms with Crippen LogP contribution in [0.4, 0.5) is 0 Å². The Bertz CT molecular complexity index is 422. The molecule has 0 spiro atoms. The lowest BCUT2D eigenvalue weighted by Gasteiger charge is -1.95. The van der Waals surface area contributed by atoms with Gasteiger partial charge in [0.05, 0.1) is 6.26 Å². The summed E-state index contributed by atoms with van der Waals surface area (Å²) in [4.78, 5) is 0. The smallest absolute Gasteiger partial charge is 0.134 e. The summed E-state index contributed by atoms with van der Waals surface area (Å²) in [5.74, 6) is 0. The zero-order valence-electron chi connectivity index (χ0n) is 8.12. The summed E-state index contributed by atoms with van der Waals surface area (Å²) in [5.41, 5.74) is 8.93. The molecule has 2 N–H and O–H groups in total. The maximum Gasteiger partial charge on any atom is 0.134 e. The number of fused-ring (bicyclic) bond motifs is 1. The van der Waals surface area contributed by atoms with Crippen LogP contribution in [0.15, 0.2) is 28.9 Å². The minimum Gasteiger partial charge on any atom is -0.464 e. The van der Waals surface area contributed by atoms with Gasteiger partial charge in [-0.15, -0.1) is 12.4 Å². The normalized spacial score (nSPS) is 10.1. The van der Waals surface area contributed by atoms with E-state index in [-0.39, 0.29) is 12.4 Å². The molecule has 1 heterocycles. The molecule has 0 saturated heterocycles. The molecule has 0 aliphatic rings. The number of hydrogen-bond donors (Lipinski definition) is 1. The summed E-state index contributed by atoms with van der Waals surface area (Å²) in [6, 6.07) is 6.20. The SMILES string of the molecule is Cc1ccc2occ(CCN)c2c1.Cl. The fourth-order valence-corrected chi connectivity index (χ4v) is 1.54. The van der Waals surface area contributed by atoms with E-state index in [0.717, 1.165) is 12.0 Å². The van der Waals surface area contributed by atoms with Gasteiger partial charge >= 0.3 is 0 Å². The van der Waals surface area contributed by atoms with Crippen LogP contribution in [0.5, 0.6) is 0 Å². The highest BCUT2D eigenvalue weighted by molar-refractivity contribution is 5.85. The van der Waals surface area contributed by atoms with E-state index in [2.05, 4.69) is 19.1 Å². The van der Waals surface area contributed by atoms with E-state index < -0.39 is 0 Å². The third-order valence-corrected chi connectivity index (χ3v) is 2.22. The lowest BCUT2D eigenvalue weighted by Crippen LogP contribution is -2.01. The molecule has 0 amide bonds. The second-order valence-corrected chi connectivity index (χ2v) is 3.30. The monoisotopic (exact) mass is 211 g/mol. The molecule has 0 radical (unpaired) electrons. The maximum atomic E-state index is 5.51. The number of aryl methyl sites for hydroxylation is 1. The molecular formula is C11H14ClNO. The lowest BCUT2D eigenvalue weighted by molar-refractivity contribution is 0.610. The molecule has 76 valence electrons. The molecule has 2 rings (SSSR count).